The van der Waals surface area contributed by atoms with Gasteiger partial charge in [0.2, 0.25) is 17.6 Å². The zero-order valence-electron chi connectivity index (χ0n) is 18.6. The van der Waals surface area contributed by atoms with Gasteiger partial charge in [-0.05, 0) is 47.8 Å². The average molecular weight is 534 g/mol. The Kier molecular flexibility index (Phi) is 7.31. The van der Waals surface area contributed by atoms with Crippen molar-refractivity contribution in [2.45, 2.75) is 10.6 Å². The molecule has 0 aliphatic carbocycles. The molecule has 2 aromatic carbocycles. The normalized spacial score (nSPS) is 11.3. The van der Waals surface area contributed by atoms with Crippen molar-refractivity contribution in [2.75, 3.05) is 16.7 Å². The van der Waals surface area contributed by atoms with Gasteiger partial charge in [-0.3, -0.25) is 0 Å². The van der Waals surface area contributed by atoms with Crippen LogP contribution in [-0.2, 0) is 15.6 Å². The van der Waals surface area contributed by atoms with E-state index in [-0.39, 0.29) is 22.5 Å². The molecule has 0 bridgehead atoms. The number of halogens is 3. The van der Waals surface area contributed by atoms with Crippen LogP contribution >= 0.6 is 11.9 Å². The molecule has 2 aromatic heterocycles. The van der Waals surface area contributed by atoms with E-state index in [0.29, 0.717) is 22.9 Å². The van der Waals surface area contributed by atoms with Crippen LogP contribution in [0, 0.1) is 17.5 Å². The van der Waals surface area contributed by atoms with Gasteiger partial charge in [-0.25, -0.2) is 32.2 Å². The van der Waals surface area contributed by atoms with Gasteiger partial charge in [0.25, 0.3) is 0 Å². The lowest BCUT2D eigenvalue weighted by molar-refractivity contribution is 0.401. The van der Waals surface area contributed by atoms with E-state index in [1.807, 2.05) is 0 Å². The Labute approximate surface area is 208 Å². The van der Waals surface area contributed by atoms with Gasteiger partial charge in [0.05, 0.1) is 16.2 Å². The van der Waals surface area contributed by atoms with Crippen molar-refractivity contribution >= 4 is 33.4 Å². The Balaban J connectivity index is 1.51. The first-order valence-electron chi connectivity index (χ1n) is 10.2. The molecule has 0 unspecified atom stereocenters. The average Bonchev–Trinajstić information content (AvgIpc) is 2.84. The minimum atomic E-state index is -3.34. The molecule has 0 amide bonds. The Bertz CT molecular complexity index is 1520. The Morgan fingerprint density at radius 3 is 2.47 bits per heavy atom. The van der Waals surface area contributed by atoms with Crippen LogP contribution in [0.1, 0.15) is 5.56 Å². The van der Waals surface area contributed by atoms with E-state index in [9.17, 15) is 21.6 Å². The summed E-state index contributed by atoms with van der Waals surface area (Å²) in [6.07, 6.45) is 3.86. The fraction of sp³-hybridized carbons (Fsp3) is 0.0870. The number of benzene rings is 2. The van der Waals surface area contributed by atoms with Crippen LogP contribution in [-0.4, -0.2) is 29.6 Å². The lowest BCUT2D eigenvalue weighted by atomic mass is 10.2. The Hall–Kier alpha value is -3.84. The second-order valence-corrected chi connectivity index (χ2v) is 10.2. The molecule has 2 heterocycles. The molecular weight excluding hydrogens is 515 g/mol. The predicted octanol–water partition coefficient (Wildman–Crippen LogP) is 4.99. The van der Waals surface area contributed by atoms with Crippen LogP contribution in [0.25, 0.3) is 11.3 Å². The highest BCUT2D eigenvalue weighted by molar-refractivity contribution is 7.99. The first-order chi connectivity index (χ1) is 17.1. The number of nitrogen functional groups attached to an aromatic ring is 1. The lowest BCUT2D eigenvalue weighted by Gasteiger charge is -2.13. The maximum atomic E-state index is 14.8. The van der Waals surface area contributed by atoms with Crippen LogP contribution in [0.4, 0.5) is 24.8 Å². The smallest absolute Gasteiger partial charge is 0.228 e. The number of rotatable bonds is 8. The summed E-state index contributed by atoms with van der Waals surface area (Å²) in [5, 5.41) is 0. The van der Waals surface area contributed by atoms with Crippen molar-refractivity contribution in [3.63, 3.8) is 0 Å². The first kappa shape index (κ1) is 25.3. The second kappa shape index (κ2) is 10.4. The molecular formula is C23H18F3N5O3S2. The number of nitrogens with one attached hydrogen (secondary N) is 1. The summed E-state index contributed by atoms with van der Waals surface area (Å²) in [7, 11) is -3.34. The van der Waals surface area contributed by atoms with E-state index >= 15 is 0 Å². The highest BCUT2D eigenvalue weighted by Gasteiger charge is 2.22. The molecule has 0 atom stereocenters. The Morgan fingerprint density at radius 2 is 1.78 bits per heavy atom. The van der Waals surface area contributed by atoms with Gasteiger partial charge in [-0.2, -0.15) is 4.39 Å². The van der Waals surface area contributed by atoms with E-state index < -0.39 is 38.7 Å². The third-order valence-corrected chi connectivity index (χ3v) is 6.77. The standard InChI is InChI=1S/C23H18F3N5O3S2/c1-36(32,33)14-6-4-13(5-7-14)12-35-31-21-16(24)11-18(19(25)20(21)26)34-22-15(3-2-9-28-22)17-8-10-29-23(27)30-17/h2-11,31H,12H2,1H3,(H2,27,29,30). The zero-order valence-corrected chi connectivity index (χ0v) is 20.2. The van der Waals surface area contributed by atoms with Crippen LogP contribution in [0.3, 0.4) is 0 Å². The van der Waals surface area contributed by atoms with Gasteiger partial charge in [0.15, 0.2) is 27.2 Å². The number of anilines is 2. The summed E-state index contributed by atoms with van der Waals surface area (Å²) in [4.78, 5) is 12.0. The Morgan fingerprint density at radius 1 is 1.03 bits per heavy atom. The van der Waals surface area contributed by atoms with E-state index in [4.69, 9.17) is 10.5 Å². The SMILES string of the molecule is CS(=O)(=O)c1ccc(CSNc2c(F)cc(Oc3ncccc3-c3ccnc(N)n3)c(F)c2F)cc1. The minimum absolute atomic E-state index is 0.00941. The first-order valence-corrected chi connectivity index (χ1v) is 13.1. The van der Waals surface area contributed by atoms with Crippen molar-refractivity contribution in [1.82, 2.24) is 15.0 Å². The number of nitrogens with two attached hydrogens (primary N) is 1. The van der Waals surface area contributed by atoms with Crippen molar-refractivity contribution in [2.24, 2.45) is 0 Å². The third kappa shape index (κ3) is 5.69. The fourth-order valence-electron chi connectivity index (χ4n) is 3.06. The molecule has 0 saturated heterocycles. The maximum Gasteiger partial charge on any atom is 0.228 e. The quantitative estimate of drug-likeness (QED) is 0.238. The van der Waals surface area contributed by atoms with Crippen molar-refractivity contribution in [3.8, 4) is 22.9 Å². The molecule has 0 aliphatic heterocycles. The van der Waals surface area contributed by atoms with Crippen LogP contribution in [0.15, 0.2) is 65.8 Å². The highest BCUT2D eigenvalue weighted by atomic mass is 32.2. The number of aromatic nitrogens is 3. The van der Waals surface area contributed by atoms with Gasteiger partial charge in [-0.15, -0.1) is 0 Å². The molecule has 0 saturated carbocycles. The van der Waals surface area contributed by atoms with E-state index in [2.05, 4.69) is 19.7 Å². The van der Waals surface area contributed by atoms with Crippen LogP contribution < -0.4 is 15.2 Å². The predicted molar refractivity (Wildman–Crippen MR) is 131 cm³/mol. The van der Waals surface area contributed by atoms with Gasteiger partial charge < -0.3 is 15.2 Å². The fourth-order valence-corrected chi connectivity index (χ4v) is 4.45. The molecule has 8 nitrogen and oxygen atoms in total. The van der Waals surface area contributed by atoms with Crippen molar-refractivity contribution < 1.29 is 26.3 Å². The molecule has 4 rings (SSSR count). The second-order valence-electron chi connectivity index (χ2n) is 7.42. The molecule has 0 radical (unpaired) electrons. The molecule has 36 heavy (non-hydrogen) atoms. The molecule has 3 N–H and O–H groups in total. The summed E-state index contributed by atoms with van der Waals surface area (Å²) in [6, 6.07) is 11.4. The molecule has 13 heteroatoms. The van der Waals surface area contributed by atoms with E-state index in [0.717, 1.165) is 18.2 Å². The molecule has 4 aromatic rings. The third-order valence-electron chi connectivity index (χ3n) is 4.82. The van der Waals surface area contributed by atoms with E-state index in [1.54, 1.807) is 24.3 Å². The highest BCUT2D eigenvalue weighted by Crippen LogP contribution is 2.36. The molecule has 186 valence electrons. The minimum Gasteiger partial charge on any atom is -0.435 e. The van der Waals surface area contributed by atoms with Crippen molar-refractivity contribution in [1.29, 1.82) is 0 Å². The number of pyridine rings is 1. The van der Waals surface area contributed by atoms with Crippen LogP contribution in [0.5, 0.6) is 11.6 Å². The number of nitrogens with zero attached hydrogens (tertiary/aromatic N) is 3. The number of ether oxygens (including phenoxy) is 1. The summed E-state index contributed by atoms with van der Waals surface area (Å²) in [6.45, 7) is 0. The summed E-state index contributed by atoms with van der Waals surface area (Å²) in [5.41, 5.74) is 6.24. The monoisotopic (exact) mass is 533 g/mol. The topological polar surface area (TPSA) is 120 Å². The zero-order chi connectivity index (χ0) is 25.9. The van der Waals surface area contributed by atoms with Gasteiger partial charge >= 0.3 is 0 Å². The largest absolute Gasteiger partial charge is 0.435 e. The number of hydrogen-bond acceptors (Lipinski definition) is 9. The number of sulfone groups is 1. The van der Waals surface area contributed by atoms with Gasteiger partial charge in [-0.1, -0.05) is 12.1 Å². The lowest BCUT2D eigenvalue weighted by Crippen LogP contribution is -2.03. The maximum absolute atomic E-state index is 14.8. The molecule has 0 spiro atoms. The molecule has 0 fully saturated rings. The summed E-state index contributed by atoms with van der Waals surface area (Å²) >= 11 is 0.895. The van der Waals surface area contributed by atoms with Crippen molar-refractivity contribution in [3.05, 3.63) is 83.9 Å². The number of hydrogen-bond donors (Lipinski definition) is 2. The van der Waals surface area contributed by atoms with Gasteiger partial charge in [0.1, 0.15) is 5.69 Å². The van der Waals surface area contributed by atoms with Crippen LogP contribution in [0.2, 0.25) is 0 Å². The molecule has 0 aliphatic rings. The summed E-state index contributed by atoms with van der Waals surface area (Å²) < 4.78 is 75.1. The van der Waals surface area contributed by atoms with Gasteiger partial charge in [0, 0.05) is 30.5 Å². The summed E-state index contributed by atoms with van der Waals surface area (Å²) in [5.74, 6) is -4.62. The van der Waals surface area contributed by atoms with E-state index in [1.165, 1.54) is 30.6 Å².